The number of imide groups is 1. The molecular formula is C27H24N4O2S. The van der Waals surface area contributed by atoms with Crippen molar-refractivity contribution in [1.29, 1.82) is 0 Å². The fourth-order valence-electron chi connectivity index (χ4n) is 4.01. The van der Waals surface area contributed by atoms with E-state index >= 15 is 0 Å². The van der Waals surface area contributed by atoms with Gasteiger partial charge in [-0.15, -0.1) is 0 Å². The Morgan fingerprint density at radius 3 is 2.41 bits per heavy atom. The largest absolute Gasteiger partial charge is 0.369 e. The summed E-state index contributed by atoms with van der Waals surface area (Å²) in [7, 11) is 2.14. The molecule has 0 saturated carbocycles. The number of anilines is 2. The van der Waals surface area contributed by atoms with Gasteiger partial charge in [0, 0.05) is 71.4 Å². The SMILES string of the molecule is CN1CCN(c2ccc(NC=C3C(=O)NC(=O)c4ccc(C#Cc5ccsc5)cc43)cc2)CC1. The van der Waals surface area contributed by atoms with Crippen LogP contribution in [-0.2, 0) is 4.79 Å². The number of piperazine rings is 1. The lowest BCUT2D eigenvalue weighted by Crippen LogP contribution is -2.44. The van der Waals surface area contributed by atoms with Crippen molar-refractivity contribution in [2.75, 3.05) is 43.4 Å². The van der Waals surface area contributed by atoms with Crippen molar-refractivity contribution >= 4 is 40.1 Å². The van der Waals surface area contributed by atoms with Crippen LogP contribution in [0.1, 0.15) is 27.0 Å². The summed E-state index contributed by atoms with van der Waals surface area (Å²) in [6, 6.07) is 15.4. The summed E-state index contributed by atoms with van der Waals surface area (Å²) in [6.45, 7) is 4.13. The average Bonchev–Trinajstić information content (AvgIpc) is 3.37. The summed E-state index contributed by atoms with van der Waals surface area (Å²) in [5, 5.41) is 9.59. The topological polar surface area (TPSA) is 64.7 Å². The quantitative estimate of drug-likeness (QED) is 0.349. The molecule has 170 valence electrons. The lowest BCUT2D eigenvalue weighted by molar-refractivity contribution is -0.114. The molecule has 34 heavy (non-hydrogen) atoms. The number of nitrogens with zero attached hydrogens (tertiary/aromatic N) is 2. The molecule has 3 aromatic rings. The number of benzene rings is 2. The van der Waals surface area contributed by atoms with E-state index in [1.165, 1.54) is 5.69 Å². The highest BCUT2D eigenvalue weighted by molar-refractivity contribution is 7.08. The minimum Gasteiger partial charge on any atom is -0.369 e. The molecule has 2 N–H and O–H groups in total. The third-order valence-electron chi connectivity index (χ3n) is 6.02. The molecule has 2 amide bonds. The van der Waals surface area contributed by atoms with Crippen molar-refractivity contribution < 1.29 is 9.59 Å². The predicted octanol–water partition coefficient (Wildman–Crippen LogP) is 3.62. The molecule has 3 heterocycles. The van der Waals surface area contributed by atoms with Gasteiger partial charge in [0.25, 0.3) is 11.8 Å². The van der Waals surface area contributed by atoms with Crippen LogP contribution in [0.25, 0.3) is 5.57 Å². The molecule has 0 radical (unpaired) electrons. The molecule has 1 fully saturated rings. The van der Waals surface area contributed by atoms with E-state index in [9.17, 15) is 9.59 Å². The van der Waals surface area contributed by atoms with E-state index in [1.54, 1.807) is 35.7 Å². The summed E-state index contributed by atoms with van der Waals surface area (Å²) in [4.78, 5) is 29.7. The molecule has 0 atom stereocenters. The van der Waals surface area contributed by atoms with Crippen LogP contribution in [0.2, 0.25) is 0 Å². The first-order valence-electron chi connectivity index (χ1n) is 11.1. The smallest absolute Gasteiger partial charge is 0.260 e. The van der Waals surface area contributed by atoms with Crippen LogP contribution in [-0.4, -0.2) is 49.9 Å². The van der Waals surface area contributed by atoms with Crippen molar-refractivity contribution in [3.8, 4) is 11.8 Å². The van der Waals surface area contributed by atoms with E-state index in [2.05, 4.69) is 51.5 Å². The van der Waals surface area contributed by atoms with Crippen molar-refractivity contribution in [2.45, 2.75) is 0 Å². The Kier molecular flexibility index (Phi) is 6.17. The van der Waals surface area contributed by atoms with Crippen LogP contribution >= 0.6 is 11.3 Å². The fourth-order valence-corrected chi connectivity index (χ4v) is 4.60. The number of carbonyl (C=O) groups is 2. The van der Waals surface area contributed by atoms with Gasteiger partial charge in [-0.2, -0.15) is 11.3 Å². The van der Waals surface area contributed by atoms with Crippen LogP contribution in [0.3, 0.4) is 0 Å². The molecule has 0 aliphatic carbocycles. The molecule has 6 nitrogen and oxygen atoms in total. The van der Waals surface area contributed by atoms with Crippen LogP contribution in [0.5, 0.6) is 0 Å². The molecule has 1 saturated heterocycles. The van der Waals surface area contributed by atoms with Gasteiger partial charge in [0.2, 0.25) is 0 Å². The number of hydrogen-bond donors (Lipinski definition) is 2. The average molecular weight is 469 g/mol. The van der Waals surface area contributed by atoms with Crippen molar-refractivity contribution in [3.63, 3.8) is 0 Å². The zero-order valence-corrected chi connectivity index (χ0v) is 19.6. The van der Waals surface area contributed by atoms with Crippen LogP contribution in [0, 0.1) is 11.8 Å². The molecule has 0 bridgehead atoms. The fraction of sp³-hybridized carbons (Fsp3) is 0.185. The first-order chi connectivity index (χ1) is 16.6. The highest BCUT2D eigenvalue weighted by Crippen LogP contribution is 2.26. The Morgan fingerprint density at radius 1 is 0.912 bits per heavy atom. The summed E-state index contributed by atoms with van der Waals surface area (Å²) in [5.74, 6) is 5.40. The number of fused-ring (bicyclic) bond motifs is 1. The summed E-state index contributed by atoms with van der Waals surface area (Å²) < 4.78 is 0. The maximum Gasteiger partial charge on any atom is 0.260 e. The minimum atomic E-state index is -0.429. The molecule has 0 unspecified atom stereocenters. The molecule has 2 aromatic carbocycles. The molecule has 7 heteroatoms. The molecule has 2 aliphatic heterocycles. The van der Waals surface area contributed by atoms with Crippen molar-refractivity contribution in [2.24, 2.45) is 0 Å². The first-order valence-corrected chi connectivity index (χ1v) is 12.1. The number of amides is 2. The summed E-state index contributed by atoms with van der Waals surface area (Å²) in [6.07, 6.45) is 1.65. The third kappa shape index (κ3) is 4.74. The lowest BCUT2D eigenvalue weighted by atomic mass is 9.93. The first kappa shape index (κ1) is 22.0. The normalized spacial score (nSPS) is 17.1. The second-order valence-corrected chi connectivity index (χ2v) is 9.13. The summed E-state index contributed by atoms with van der Waals surface area (Å²) in [5.41, 5.74) is 5.17. The van der Waals surface area contributed by atoms with E-state index in [-0.39, 0.29) is 0 Å². The van der Waals surface area contributed by atoms with Gasteiger partial charge >= 0.3 is 0 Å². The zero-order valence-electron chi connectivity index (χ0n) is 18.8. The number of thiophene rings is 1. The molecular weight excluding hydrogens is 444 g/mol. The van der Waals surface area contributed by atoms with E-state index in [4.69, 9.17) is 0 Å². The van der Waals surface area contributed by atoms with Gasteiger partial charge in [0.15, 0.2) is 0 Å². The predicted molar refractivity (Wildman–Crippen MR) is 137 cm³/mol. The Hall–Kier alpha value is -3.86. The Morgan fingerprint density at radius 2 is 1.68 bits per heavy atom. The van der Waals surface area contributed by atoms with E-state index in [0.717, 1.165) is 43.0 Å². The maximum atomic E-state index is 12.6. The van der Waals surface area contributed by atoms with Gasteiger partial charge in [-0.05, 0) is 61.0 Å². The number of rotatable bonds is 3. The zero-order chi connectivity index (χ0) is 23.5. The second kappa shape index (κ2) is 9.56. The van der Waals surface area contributed by atoms with Gasteiger partial charge in [-0.25, -0.2) is 0 Å². The number of hydrogen-bond acceptors (Lipinski definition) is 6. The standard InChI is InChI=1S/C27H24N4O2S/c1-30-11-13-31(14-12-30)22-7-5-21(6-8-22)28-17-25-24-16-19(2-3-20-10-15-34-18-20)4-9-23(24)26(32)29-27(25)33/h4-10,15-18,28H,11-14H2,1H3,(H,29,32,33). The van der Waals surface area contributed by atoms with Crippen molar-refractivity contribution in [1.82, 2.24) is 10.2 Å². The van der Waals surface area contributed by atoms with Gasteiger partial charge < -0.3 is 15.1 Å². The number of likely N-dealkylation sites (N-methyl/N-ethyl adjacent to an activating group) is 1. The van der Waals surface area contributed by atoms with Crippen LogP contribution < -0.4 is 15.5 Å². The van der Waals surface area contributed by atoms with E-state index in [1.807, 2.05) is 29.0 Å². The van der Waals surface area contributed by atoms with Crippen LogP contribution in [0.15, 0.2) is 65.5 Å². The molecule has 0 spiro atoms. The van der Waals surface area contributed by atoms with Gasteiger partial charge in [-0.1, -0.05) is 11.8 Å². The molecule has 1 aromatic heterocycles. The lowest BCUT2D eigenvalue weighted by Gasteiger charge is -2.34. The van der Waals surface area contributed by atoms with Gasteiger partial charge in [0.1, 0.15) is 0 Å². The Bertz CT molecular complexity index is 1310. The van der Waals surface area contributed by atoms with E-state index in [0.29, 0.717) is 16.7 Å². The summed E-state index contributed by atoms with van der Waals surface area (Å²) >= 11 is 1.59. The number of carbonyl (C=O) groups excluding carboxylic acids is 2. The Balaban J connectivity index is 1.37. The molecule has 5 rings (SSSR count). The van der Waals surface area contributed by atoms with Gasteiger partial charge in [0.05, 0.1) is 5.57 Å². The van der Waals surface area contributed by atoms with Crippen molar-refractivity contribution in [3.05, 3.63) is 87.7 Å². The second-order valence-electron chi connectivity index (χ2n) is 8.35. The van der Waals surface area contributed by atoms with Gasteiger partial charge in [-0.3, -0.25) is 14.9 Å². The number of nitrogens with one attached hydrogen (secondary N) is 2. The minimum absolute atomic E-state index is 0.397. The highest BCUT2D eigenvalue weighted by atomic mass is 32.1. The van der Waals surface area contributed by atoms with Crippen LogP contribution in [0.4, 0.5) is 11.4 Å². The third-order valence-corrected chi connectivity index (χ3v) is 6.70. The monoisotopic (exact) mass is 468 g/mol. The molecule has 2 aliphatic rings. The van der Waals surface area contributed by atoms with E-state index < -0.39 is 11.8 Å². The highest BCUT2D eigenvalue weighted by Gasteiger charge is 2.27. The Labute approximate surface area is 202 Å². The maximum absolute atomic E-state index is 12.6.